The van der Waals surface area contributed by atoms with Gasteiger partial charge in [0, 0.05) is 0 Å². The molecule has 2 aliphatic heterocycles. The summed E-state index contributed by atoms with van der Waals surface area (Å²) in [5.74, 6) is -0.469. The summed E-state index contributed by atoms with van der Waals surface area (Å²) in [4.78, 5) is 32.3. The van der Waals surface area contributed by atoms with Crippen molar-refractivity contribution in [1.29, 1.82) is 0 Å². The van der Waals surface area contributed by atoms with Gasteiger partial charge < -0.3 is 14.2 Å². The second-order valence-corrected chi connectivity index (χ2v) is 9.74. The van der Waals surface area contributed by atoms with Crippen LogP contribution < -0.4 is 0 Å². The van der Waals surface area contributed by atoms with E-state index in [2.05, 4.69) is 0 Å². The standard InChI is InChI=1S/C24H33NO6/c1-14-11-15(2)18(16(3)12-14)19-20(31-22(27)23(4,5)6)24(7,8)25(21(19)26)30-13-17-28-9-10-29-17/h11-12,17H,9-10,13H2,1-8H3. The number of aryl methyl sites for hydroxylation is 3. The van der Waals surface area contributed by atoms with Crippen molar-refractivity contribution in [1.82, 2.24) is 5.06 Å². The molecule has 1 fully saturated rings. The van der Waals surface area contributed by atoms with Crippen LogP contribution in [0.1, 0.15) is 56.9 Å². The summed E-state index contributed by atoms with van der Waals surface area (Å²) in [5.41, 5.74) is 2.35. The Kier molecular flexibility index (Phi) is 6.33. The number of hydrogen-bond donors (Lipinski definition) is 0. The molecule has 7 heteroatoms. The summed E-state index contributed by atoms with van der Waals surface area (Å²) in [6, 6.07) is 4.03. The highest BCUT2D eigenvalue weighted by Gasteiger charge is 2.51. The van der Waals surface area contributed by atoms with E-state index in [4.69, 9.17) is 19.0 Å². The molecule has 0 unspecified atom stereocenters. The summed E-state index contributed by atoms with van der Waals surface area (Å²) in [7, 11) is 0. The molecule has 0 aliphatic carbocycles. The highest BCUT2D eigenvalue weighted by Crippen LogP contribution is 2.43. The SMILES string of the molecule is Cc1cc(C)c(C2=C(OC(=O)C(C)(C)C)C(C)(C)N(OCC3OCCO3)C2=O)c(C)c1. The molecule has 0 N–H and O–H groups in total. The zero-order valence-corrected chi connectivity index (χ0v) is 19.8. The first-order valence-electron chi connectivity index (χ1n) is 10.6. The van der Waals surface area contributed by atoms with E-state index >= 15 is 0 Å². The lowest BCUT2D eigenvalue weighted by atomic mass is 9.91. The predicted molar refractivity (Wildman–Crippen MR) is 116 cm³/mol. The monoisotopic (exact) mass is 431 g/mol. The lowest BCUT2D eigenvalue weighted by Gasteiger charge is -2.33. The second-order valence-electron chi connectivity index (χ2n) is 9.74. The minimum Gasteiger partial charge on any atom is -0.427 e. The maximum Gasteiger partial charge on any atom is 0.316 e. The Hall–Kier alpha value is -2.22. The molecule has 0 atom stereocenters. The Morgan fingerprint density at radius 2 is 1.68 bits per heavy atom. The van der Waals surface area contributed by atoms with E-state index in [0.29, 0.717) is 24.5 Å². The Balaban J connectivity index is 2.07. The maximum atomic E-state index is 13.6. The first kappa shape index (κ1) is 23.4. The number of carbonyl (C=O) groups is 2. The molecule has 0 bridgehead atoms. The van der Waals surface area contributed by atoms with Crippen LogP contribution in [-0.2, 0) is 28.6 Å². The van der Waals surface area contributed by atoms with E-state index in [-0.39, 0.29) is 12.5 Å². The number of carbonyl (C=O) groups excluding carboxylic acids is 2. The van der Waals surface area contributed by atoms with E-state index in [1.807, 2.05) is 32.9 Å². The van der Waals surface area contributed by atoms with Gasteiger partial charge in [-0.3, -0.25) is 14.4 Å². The van der Waals surface area contributed by atoms with Crippen LogP contribution in [-0.4, -0.2) is 48.6 Å². The molecule has 1 amide bonds. The molecule has 170 valence electrons. The fourth-order valence-electron chi connectivity index (χ4n) is 3.93. The molecule has 0 spiro atoms. The molecule has 1 aromatic carbocycles. The van der Waals surface area contributed by atoms with E-state index in [9.17, 15) is 9.59 Å². The molecule has 0 radical (unpaired) electrons. The summed E-state index contributed by atoms with van der Waals surface area (Å²) >= 11 is 0. The van der Waals surface area contributed by atoms with Gasteiger partial charge in [-0.2, -0.15) is 0 Å². The van der Waals surface area contributed by atoms with Crippen LogP contribution in [0.2, 0.25) is 0 Å². The third-order valence-corrected chi connectivity index (χ3v) is 5.45. The van der Waals surface area contributed by atoms with Crippen molar-refractivity contribution in [3.8, 4) is 0 Å². The number of rotatable bonds is 5. The molecule has 3 rings (SSSR count). The molecule has 0 aromatic heterocycles. The minimum absolute atomic E-state index is 0.0643. The van der Waals surface area contributed by atoms with Gasteiger partial charge in [-0.05, 0) is 72.1 Å². The third kappa shape index (κ3) is 4.54. The highest BCUT2D eigenvalue weighted by atomic mass is 16.8. The lowest BCUT2D eigenvalue weighted by molar-refractivity contribution is -0.232. The number of nitrogens with zero attached hydrogens (tertiary/aromatic N) is 1. The van der Waals surface area contributed by atoms with Gasteiger partial charge in [-0.1, -0.05) is 17.7 Å². The molecule has 31 heavy (non-hydrogen) atoms. The van der Waals surface area contributed by atoms with E-state index < -0.39 is 23.2 Å². The Bertz CT molecular complexity index is 895. The van der Waals surface area contributed by atoms with Crippen LogP contribution in [0.5, 0.6) is 0 Å². The summed E-state index contributed by atoms with van der Waals surface area (Å²) < 4.78 is 16.8. The van der Waals surface area contributed by atoms with Crippen molar-refractivity contribution in [2.24, 2.45) is 5.41 Å². The molecular formula is C24H33NO6. The number of hydrogen-bond acceptors (Lipinski definition) is 6. The van der Waals surface area contributed by atoms with Gasteiger partial charge in [-0.15, -0.1) is 0 Å². The molecule has 1 saturated heterocycles. The largest absolute Gasteiger partial charge is 0.427 e. The number of hydroxylamine groups is 2. The van der Waals surface area contributed by atoms with Gasteiger partial charge in [0.05, 0.1) is 24.2 Å². The Morgan fingerprint density at radius 1 is 1.13 bits per heavy atom. The van der Waals surface area contributed by atoms with Gasteiger partial charge in [-0.25, -0.2) is 5.06 Å². The fraction of sp³-hybridized carbons (Fsp3) is 0.583. The Labute approximate surface area is 184 Å². The van der Waals surface area contributed by atoms with Crippen LogP contribution >= 0.6 is 0 Å². The molecule has 7 nitrogen and oxygen atoms in total. The normalized spacial score (nSPS) is 19.5. The molecular weight excluding hydrogens is 398 g/mol. The molecule has 1 aromatic rings. The number of benzene rings is 1. The maximum absolute atomic E-state index is 13.6. The van der Waals surface area contributed by atoms with Gasteiger partial charge in [0.1, 0.15) is 17.9 Å². The smallest absolute Gasteiger partial charge is 0.316 e. The van der Waals surface area contributed by atoms with Crippen molar-refractivity contribution in [2.75, 3.05) is 19.8 Å². The van der Waals surface area contributed by atoms with Crippen LogP contribution in [0.15, 0.2) is 17.9 Å². The number of ether oxygens (including phenoxy) is 3. The van der Waals surface area contributed by atoms with Gasteiger partial charge in [0.2, 0.25) is 0 Å². The molecule has 2 heterocycles. The van der Waals surface area contributed by atoms with E-state index in [0.717, 1.165) is 22.3 Å². The number of esters is 1. The number of amides is 1. The zero-order valence-electron chi connectivity index (χ0n) is 19.8. The van der Waals surface area contributed by atoms with Crippen LogP contribution in [0.3, 0.4) is 0 Å². The molecule has 2 aliphatic rings. The quantitative estimate of drug-likeness (QED) is 0.660. The summed E-state index contributed by atoms with van der Waals surface area (Å²) in [6.07, 6.45) is -0.531. The minimum atomic E-state index is -1.00. The first-order chi connectivity index (χ1) is 14.3. The van der Waals surface area contributed by atoms with E-state index in [1.54, 1.807) is 34.6 Å². The molecule has 0 saturated carbocycles. The van der Waals surface area contributed by atoms with Crippen molar-refractivity contribution in [3.05, 3.63) is 40.1 Å². The Morgan fingerprint density at radius 3 is 2.19 bits per heavy atom. The van der Waals surface area contributed by atoms with E-state index in [1.165, 1.54) is 5.06 Å². The van der Waals surface area contributed by atoms with Crippen molar-refractivity contribution in [2.45, 2.75) is 67.2 Å². The van der Waals surface area contributed by atoms with Crippen molar-refractivity contribution >= 4 is 17.4 Å². The van der Waals surface area contributed by atoms with Crippen LogP contribution in [0.4, 0.5) is 0 Å². The third-order valence-electron chi connectivity index (χ3n) is 5.45. The first-order valence-corrected chi connectivity index (χ1v) is 10.6. The van der Waals surface area contributed by atoms with Crippen molar-refractivity contribution in [3.63, 3.8) is 0 Å². The van der Waals surface area contributed by atoms with Gasteiger partial charge >= 0.3 is 5.97 Å². The summed E-state index contributed by atoms with van der Waals surface area (Å²) in [6.45, 7) is 15.9. The fourth-order valence-corrected chi connectivity index (χ4v) is 3.93. The topological polar surface area (TPSA) is 74.3 Å². The highest BCUT2D eigenvalue weighted by molar-refractivity contribution is 6.23. The average molecular weight is 432 g/mol. The summed E-state index contributed by atoms with van der Waals surface area (Å²) in [5, 5.41) is 1.28. The van der Waals surface area contributed by atoms with Gasteiger partial charge in [0.15, 0.2) is 6.29 Å². The van der Waals surface area contributed by atoms with Crippen LogP contribution in [0.25, 0.3) is 5.57 Å². The van der Waals surface area contributed by atoms with Crippen molar-refractivity contribution < 1.29 is 28.6 Å². The predicted octanol–water partition coefficient (Wildman–Crippen LogP) is 3.84. The van der Waals surface area contributed by atoms with Crippen LogP contribution in [0, 0.1) is 26.2 Å². The lowest BCUT2D eigenvalue weighted by Crippen LogP contribution is -2.45. The average Bonchev–Trinajstić information content (AvgIpc) is 3.20. The second kappa shape index (κ2) is 8.37. The zero-order chi connectivity index (χ0) is 23.1. The van der Waals surface area contributed by atoms with Gasteiger partial charge in [0.25, 0.3) is 5.91 Å².